The maximum atomic E-state index is 12.1. The molecule has 1 N–H and O–H groups in total. The van der Waals surface area contributed by atoms with Crippen molar-refractivity contribution in [2.24, 2.45) is 0 Å². The molecule has 0 heterocycles. The van der Waals surface area contributed by atoms with Crippen molar-refractivity contribution in [3.63, 3.8) is 0 Å². The van der Waals surface area contributed by atoms with E-state index < -0.39 is 0 Å². The summed E-state index contributed by atoms with van der Waals surface area (Å²) in [5.41, 5.74) is 3.98. The molecule has 3 heteroatoms. The molecule has 0 aliphatic carbocycles. The first-order valence-electron chi connectivity index (χ1n) is 6.58. The van der Waals surface area contributed by atoms with E-state index in [2.05, 4.69) is 5.32 Å². The minimum atomic E-state index is -0.0437. The Balaban J connectivity index is 2.08. The molecule has 0 saturated heterocycles. The van der Waals surface area contributed by atoms with Crippen LogP contribution in [0.3, 0.4) is 0 Å². The Kier molecular flexibility index (Phi) is 4.41. The summed E-state index contributed by atoms with van der Waals surface area (Å²) in [4.78, 5) is 12.1. The molecule has 104 valence electrons. The van der Waals surface area contributed by atoms with Crippen LogP contribution in [0, 0.1) is 13.8 Å². The maximum absolute atomic E-state index is 12.1. The monoisotopic (exact) mass is 269 g/mol. The van der Waals surface area contributed by atoms with Crippen molar-refractivity contribution in [1.29, 1.82) is 0 Å². The van der Waals surface area contributed by atoms with Crippen LogP contribution in [-0.2, 0) is 11.2 Å². The SMILES string of the molecule is COc1ccc(C)cc1NC(=O)Cc1ccc(C)cc1. The standard InChI is InChI=1S/C17H19NO2/c1-12-4-7-14(8-5-12)11-17(19)18-15-10-13(2)6-9-16(15)20-3/h4-10H,11H2,1-3H3,(H,18,19). The molecule has 0 aliphatic rings. The van der Waals surface area contributed by atoms with Crippen LogP contribution in [0.15, 0.2) is 42.5 Å². The number of nitrogens with one attached hydrogen (secondary N) is 1. The highest BCUT2D eigenvalue weighted by Crippen LogP contribution is 2.25. The molecule has 3 nitrogen and oxygen atoms in total. The number of amides is 1. The van der Waals surface area contributed by atoms with E-state index in [9.17, 15) is 4.79 Å². The van der Waals surface area contributed by atoms with E-state index in [1.165, 1.54) is 5.56 Å². The van der Waals surface area contributed by atoms with E-state index in [0.29, 0.717) is 17.9 Å². The Bertz CT molecular complexity index is 603. The lowest BCUT2D eigenvalue weighted by atomic mass is 10.1. The minimum Gasteiger partial charge on any atom is -0.495 e. The van der Waals surface area contributed by atoms with Gasteiger partial charge < -0.3 is 10.1 Å². The van der Waals surface area contributed by atoms with Crippen molar-refractivity contribution in [3.8, 4) is 5.75 Å². The first-order valence-corrected chi connectivity index (χ1v) is 6.58. The summed E-state index contributed by atoms with van der Waals surface area (Å²) >= 11 is 0. The van der Waals surface area contributed by atoms with Crippen LogP contribution in [0.5, 0.6) is 5.75 Å². The molecule has 0 saturated carbocycles. The quantitative estimate of drug-likeness (QED) is 0.922. The van der Waals surface area contributed by atoms with Crippen LogP contribution < -0.4 is 10.1 Å². The molecule has 1 amide bonds. The fraction of sp³-hybridized carbons (Fsp3) is 0.235. The Labute approximate surface area is 119 Å². The van der Waals surface area contributed by atoms with Crippen molar-refractivity contribution in [2.75, 3.05) is 12.4 Å². The molecule has 0 fully saturated rings. The number of hydrogen-bond donors (Lipinski definition) is 1. The molecule has 0 unspecified atom stereocenters. The lowest BCUT2D eigenvalue weighted by Crippen LogP contribution is -2.15. The smallest absolute Gasteiger partial charge is 0.228 e. The van der Waals surface area contributed by atoms with Gasteiger partial charge in [0.2, 0.25) is 5.91 Å². The van der Waals surface area contributed by atoms with Gasteiger partial charge in [0.05, 0.1) is 19.2 Å². The summed E-state index contributed by atoms with van der Waals surface area (Å²) in [7, 11) is 1.60. The van der Waals surface area contributed by atoms with Gasteiger partial charge in [-0.3, -0.25) is 4.79 Å². The van der Waals surface area contributed by atoms with E-state index >= 15 is 0 Å². The second-order valence-corrected chi connectivity index (χ2v) is 4.91. The largest absolute Gasteiger partial charge is 0.495 e. The third-order valence-electron chi connectivity index (χ3n) is 3.11. The summed E-state index contributed by atoms with van der Waals surface area (Å²) in [6, 6.07) is 13.7. The van der Waals surface area contributed by atoms with Gasteiger partial charge in [0.15, 0.2) is 0 Å². The Morgan fingerprint density at radius 2 is 1.70 bits per heavy atom. The number of aryl methyl sites for hydroxylation is 2. The highest BCUT2D eigenvalue weighted by molar-refractivity contribution is 5.93. The van der Waals surface area contributed by atoms with E-state index in [1.807, 2.05) is 56.3 Å². The molecule has 0 atom stereocenters. The summed E-state index contributed by atoms with van der Waals surface area (Å²) in [5, 5.41) is 2.90. The molecule has 0 aromatic heterocycles. The number of methoxy groups -OCH3 is 1. The third-order valence-corrected chi connectivity index (χ3v) is 3.11. The number of rotatable bonds is 4. The summed E-state index contributed by atoms with van der Waals surface area (Å²) in [6.45, 7) is 4.01. The Hall–Kier alpha value is -2.29. The van der Waals surface area contributed by atoms with Crippen LogP contribution in [0.25, 0.3) is 0 Å². The number of ether oxygens (including phenoxy) is 1. The zero-order valence-electron chi connectivity index (χ0n) is 12.1. The average molecular weight is 269 g/mol. The number of carbonyl (C=O) groups excluding carboxylic acids is 1. The second kappa shape index (κ2) is 6.24. The Morgan fingerprint density at radius 1 is 1.05 bits per heavy atom. The second-order valence-electron chi connectivity index (χ2n) is 4.91. The molecule has 2 aromatic carbocycles. The van der Waals surface area contributed by atoms with Gasteiger partial charge in [-0.15, -0.1) is 0 Å². The van der Waals surface area contributed by atoms with Gasteiger partial charge in [-0.2, -0.15) is 0 Å². The van der Waals surface area contributed by atoms with Crippen LogP contribution >= 0.6 is 0 Å². The highest BCUT2D eigenvalue weighted by Gasteiger charge is 2.08. The molecule has 2 aromatic rings. The summed E-state index contributed by atoms with van der Waals surface area (Å²) < 4.78 is 5.25. The van der Waals surface area contributed by atoms with Crippen LogP contribution in [0.1, 0.15) is 16.7 Å². The normalized spacial score (nSPS) is 10.2. The molecular formula is C17H19NO2. The summed E-state index contributed by atoms with van der Waals surface area (Å²) in [5.74, 6) is 0.630. The zero-order valence-corrected chi connectivity index (χ0v) is 12.1. The highest BCUT2D eigenvalue weighted by atomic mass is 16.5. The first-order chi connectivity index (χ1) is 9.58. The number of hydrogen-bond acceptors (Lipinski definition) is 2. The maximum Gasteiger partial charge on any atom is 0.228 e. The molecule has 0 spiro atoms. The molecule has 0 radical (unpaired) electrons. The molecule has 2 rings (SSSR count). The third kappa shape index (κ3) is 3.60. The van der Waals surface area contributed by atoms with Crippen molar-refractivity contribution in [1.82, 2.24) is 0 Å². The fourth-order valence-electron chi connectivity index (χ4n) is 2.01. The van der Waals surface area contributed by atoms with Crippen LogP contribution in [0.4, 0.5) is 5.69 Å². The lowest BCUT2D eigenvalue weighted by Gasteiger charge is -2.11. The van der Waals surface area contributed by atoms with E-state index in [1.54, 1.807) is 7.11 Å². The van der Waals surface area contributed by atoms with Gasteiger partial charge in [0.25, 0.3) is 0 Å². The summed E-state index contributed by atoms with van der Waals surface area (Å²) in [6.07, 6.45) is 0.359. The topological polar surface area (TPSA) is 38.3 Å². The molecule has 0 bridgehead atoms. The zero-order chi connectivity index (χ0) is 14.5. The van der Waals surface area contributed by atoms with Crippen molar-refractivity contribution >= 4 is 11.6 Å². The van der Waals surface area contributed by atoms with Crippen molar-refractivity contribution in [3.05, 3.63) is 59.2 Å². The van der Waals surface area contributed by atoms with Gasteiger partial charge in [-0.25, -0.2) is 0 Å². The van der Waals surface area contributed by atoms with Crippen LogP contribution in [-0.4, -0.2) is 13.0 Å². The molecular weight excluding hydrogens is 250 g/mol. The van der Waals surface area contributed by atoms with E-state index in [-0.39, 0.29) is 5.91 Å². The predicted molar refractivity (Wildman–Crippen MR) is 81.2 cm³/mol. The number of benzene rings is 2. The van der Waals surface area contributed by atoms with Gasteiger partial charge in [0.1, 0.15) is 5.75 Å². The first kappa shape index (κ1) is 14.1. The Morgan fingerprint density at radius 3 is 2.35 bits per heavy atom. The van der Waals surface area contributed by atoms with Gasteiger partial charge in [-0.05, 0) is 37.1 Å². The van der Waals surface area contributed by atoms with E-state index in [0.717, 1.165) is 11.1 Å². The minimum absolute atomic E-state index is 0.0437. The van der Waals surface area contributed by atoms with Gasteiger partial charge in [0, 0.05) is 0 Å². The van der Waals surface area contributed by atoms with Gasteiger partial charge in [-0.1, -0.05) is 35.9 Å². The predicted octanol–water partition coefficient (Wildman–Crippen LogP) is 3.49. The van der Waals surface area contributed by atoms with Crippen LogP contribution in [0.2, 0.25) is 0 Å². The molecule has 0 aliphatic heterocycles. The number of carbonyl (C=O) groups is 1. The molecule has 20 heavy (non-hydrogen) atoms. The number of anilines is 1. The van der Waals surface area contributed by atoms with Crippen molar-refractivity contribution in [2.45, 2.75) is 20.3 Å². The average Bonchev–Trinajstić information content (AvgIpc) is 2.41. The lowest BCUT2D eigenvalue weighted by molar-refractivity contribution is -0.115. The van der Waals surface area contributed by atoms with E-state index in [4.69, 9.17) is 4.74 Å². The van der Waals surface area contributed by atoms with Gasteiger partial charge >= 0.3 is 0 Å². The van der Waals surface area contributed by atoms with Crippen molar-refractivity contribution < 1.29 is 9.53 Å². The fourth-order valence-corrected chi connectivity index (χ4v) is 2.01.